The molecule has 3 aromatic rings. The highest BCUT2D eigenvalue weighted by atomic mass is 19.1. The number of amides is 2. The van der Waals surface area contributed by atoms with Gasteiger partial charge in [0.1, 0.15) is 11.6 Å². The molecule has 0 aliphatic carbocycles. The number of carbonyl (C=O) groups excluding carboxylic acids is 1. The minimum Gasteiger partial charge on any atom is -0.331 e. The Morgan fingerprint density at radius 1 is 1.21 bits per heavy atom. The zero-order chi connectivity index (χ0) is 16.9. The van der Waals surface area contributed by atoms with Crippen LogP contribution in [0.3, 0.4) is 0 Å². The van der Waals surface area contributed by atoms with Gasteiger partial charge in [-0.3, -0.25) is 5.32 Å². The maximum absolute atomic E-state index is 12.8. The number of pyridine rings is 1. The third-order valence-electron chi connectivity index (χ3n) is 3.48. The van der Waals surface area contributed by atoms with E-state index in [2.05, 4.69) is 20.7 Å². The van der Waals surface area contributed by atoms with Crippen LogP contribution < -0.4 is 10.6 Å². The summed E-state index contributed by atoms with van der Waals surface area (Å²) in [6.45, 7) is 1.88. The zero-order valence-corrected chi connectivity index (χ0v) is 13.0. The first-order valence-corrected chi connectivity index (χ1v) is 7.41. The van der Waals surface area contributed by atoms with Crippen LogP contribution in [0.5, 0.6) is 0 Å². The molecule has 0 aliphatic heterocycles. The lowest BCUT2D eigenvalue weighted by Gasteiger charge is -2.15. The number of urea groups is 1. The quantitative estimate of drug-likeness (QED) is 0.773. The number of carbonyl (C=O) groups is 1. The molecule has 0 saturated heterocycles. The molecule has 122 valence electrons. The van der Waals surface area contributed by atoms with E-state index < -0.39 is 11.8 Å². The SMILES string of the molecule is C[C@@H](NC(=O)Nc1ccc(F)cn1)c1ccc(-n2cccn2)cc1. The van der Waals surface area contributed by atoms with Crippen molar-refractivity contribution in [1.29, 1.82) is 0 Å². The van der Waals surface area contributed by atoms with E-state index in [0.29, 0.717) is 0 Å². The number of aromatic nitrogens is 3. The third kappa shape index (κ3) is 3.75. The Morgan fingerprint density at radius 2 is 2.00 bits per heavy atom. The van der Waals surface area contributed by atoms with Gasteiger partial charge in [-0.1, -0.05) is 12.1 Å². The van der Waals surface area contributed by atoms with Crippen LogP contribution in [0.2, 0.25) is 0 Å². The summed E-state index contributed by atoms with van der Waals surface area (Å²) in [6, 6.07) is 11.6. The van der Waals surface area contributed by atoms with Crippen LogP contribution in [0.4, 0.5) is 15.0 Å². The largest absolute Gasteiger partial charge is 0.331 e. The lowest BCUT2D eigenvalue weighted by atomic mass is 10.1. The second-order valence-electron chi connectivity index (χ2n) is 5.22. The predicted octanol–water partition coefficient (Wildman–Crippen LogP) is 3.29. The molecule has 7 heteroatoms. The van der Waals surface area contributed by atoms with Crippen LogP contribution in [0, 0.1) is 5.82 Å². The van der Waals surface area contributed by atoms with Crippen LogP contribution in [0.1, 0.15) is 18.5 Å². The molecule has 3 rings (SSSR count). The van der Waals surface area contributed by atoms with E-state index in [-0.39, 0.29) is 11.9 Å². The molecule has 0 saturated carbocycles. The van der Waals surface area contributed by atoms with E-state index in [1.54, 1.807) is 10.9 Å². The van der Waals surface area contributed by atoms with E-state index in [4.69, 9.17) is 0 Å². The molecule has 2 N–H and O–H groups in total. The normalized spacial score (nSPS) is 11.8. The highest BCUT2D eigenvalue weighted by Gasteiger charge is 2.10. The highest BCUT2D eigenvalue weighted by Crippen LogP contribution is 2.15. The van der Waals surface area contributed by atoms with Crippen LogP contribution in [-0.4, -0.2) is 20.8 Å². The van der Waals surface area contributed by atoms with Gasteiger partial charge in [0.25, 0.3) is 0 Å². The Labute approximate surface area is 138 Å². The molecule has 2 heterocycles. The van der Waals surface area contributed by atoms with Crippen molar-refractivity contribution in [3.8, 4) is 5.69 Å². The summed E-state index contributed by atoms with van der Waals surface area (Å²) in [6.07, 6.45) is 4.62. The zero-order valence-electron chi connectivity index (χ0n) is 13.0. The van der Waals surface area contributed by atoms with E-state index in [0.717, 1.165) is 17.4 Å². The van der Waals surface area contributed by atoms with Crippen molar-refractivity contribution in [2.75, 3.05) is 5.32 Å². The first-order valence-electron chi connectivity index (χ1n) is 7.41. The summed E-state index contributed by atoms with van der Waals surface area (Å²) in [5.74, 6) is -0.165. The predicted molar refractivity (Wildman–Crippen MR) is 88.3 cm³/mol. The fourth-order valence-corrected chi connectivity index (χ4v) is 2.22. The van der Waals surface area contributed by atoms with E-state index in [1.165, 1.54) is 12.1 Å². The number of hydrogen-bond donors (Lipinski definition) is 2. The number of rotatable bonds is 4. The van der Waals surface area contributed by atoms with Gasteiger partial charge in [-0.2, -0.15) is 5.10 Å². The van der Waals surface area contributed by atoms with Gasteiger partial charge in [0.15, 0.2) is 0 Å². The summed E-state index contributed by atoms with van der Waals surface area (Å²) < 4.78 is 14.6. The van der Waals surface area contributed by atoms with Crippen LogP contribution in [0.25, 0.3) is 5.69 Å². The number of nitrogens with one attached hydrogen (secondary N) is 2. The molecule has 0 fully saturated rings. The molecule has 0 spiro atoms. The van der Waals surface area contributed by atoms with Crippen molar-refractivity contribution in [1.82, 2.24) is 20.1 Å². The Hall–Kier alpha value is -3.22. The van der Waals surface area contributed by atoms with Crippen LogP contribution >= 0.6 is 0 Å². The molecule has 0 bridgehead atoms. The second-order valence-corrected chi connectivity index (χ2v) is 5.22. The Morgan fingerprint density at radius 3 is 2.62 bits per heavy atom. The molecule has 6 nitrogen and oxygen atoms in total. The Kier molecular flexibility index (Phi) is 4.51. The maximum Gasteiger partial charge on any atom is 0.320 e. The summed E-state index contributed by atoms with van der Waals surface area (Å²) >= 11 is 0. The number of halogens is 1. The van der Waals surface area contributed by atoms with Gasteiger partial charge in [-0.25, -0.2) is 18.9 Å². The van der Waals surface area contributed by atoms with Gasteiger partial charge in [0.2, 0.25) is 0 Å². The van der Waals surface area contributed by atoms with E-state index in [1.807, 2.05) is 43.5 Å². The van der Waals surface area contributed by atoms with Crippen molar-refractivity contribution in [2.45, 2.75) is 13.0 Å². The van der Waals surface area contributed by atoms with Gasteiger partial charge >= 0.3 is 6.03 Å². The molecule has 1 atom stereocenters. The van der Waals surface area contributed by atoms with Gasteiger partial charge in [-0.05, 0) is 42.8 Å². The Balaban J connectivity index is 1.60. The molecule has 0 unspecified atom stereocenters. The molecule has 2 amide bonds. The average molecular weight is 325 g/mol. The van der Waals surface area contributed by atoms with Gasteiger partial charge in [0.05, 0.1) is 17.9 Å². The standard InChI is InChI=1S/C17H16FN5O/c1-12(21-17(24)22-16-8-5-14(18)11-19-16)13-3-6-15(7-4-13)23-10-2-9-20-23/h2-12H,1H3,(H2,19,21,22,24)/t12-/m1/s1. The first-order chi connectivity index (χ1) is 11.6. The lowest BCUT2D eigenvalue weighted by Crippen LogP contribution is -2.31. The first kappa shape index (κ1) is 15.7. The molecule has 0 radical (unpaired) electrons. The topological polar surface area (TPSA) is 71.8 Å². The minimum absolute atomic E-state index is 0.197. The fourth-order valence-electron chi connectivity index (χ4n) is 2.22. The van der Waals surface area contributed by atoms with Crippen LogP contribution in [-0.2, 0) is 0 Å². The van der Waals surface area contributed by atoms with Crippen LogP contribution in [0.15, 0.2) is 61.1 Å². The molecule has 24 heavy (non-hydrogen) atoms. The van der Waals surface area contributed by atoms with Gasteiger partial charge in [0, 0.05) is 12.4 Å². The summed E-state index contributed by atoms with van der Waals surface area (Å²) in [4.78, 5) is 15.7. The van der Waals surface area contributed by atoms with Crippen molar-refractivity contribution < 1.29 is 9.18 Å². The number of anilines is 1. The summed E-state index contributed by atoms with van der Waals surface area (Å²) in [5, 5.41) is 9.53. The number of nitrogens with zero attached hydrogens (tertiary/aromatic N) is 3. The van der Waals surface area contributed by atoms with Crippen molar-refractivity contribution in [3.05, 3.63) is 72.4 Å². The summed E-state index contributed by atoms with van der Waals surface area (Å²) in [5.41, 5.74) is 1.89. The molecular weight excluding hydrogens is 309 g/mol. The molecule has 2 aromatic heterocycles. The maximum atomic E-state index is 12.8. The second kappa shape index (κ2) is 6.91. The van der Waals surface area contributed by atoms with Crippen molar-refractivity contribution in [3.63, 3.8) is 0 Å². The number of benzene rings is 1. The highest BCUT2D eigenvalue weighted by molar-refractivity contribution is 5.88. The van der Waals surface area contributed by atoms with Gasteiger partial charge in [-0.15, -0.1) is 0 Å². The fraction of sp³-hybridized carbons (Fsp3) is 0.118. The minimum atomic E-state index is -0.452. The number of hydrogen-bond acceptors (Lipinski definition) is 3. The van der Waals surface area contributed by atoms with E-state index >= 15 is 0 Å². The monoisotopic (exact) mass is 325 g/mol. The molecule has 0 aliphatic rings. The smallest absolute Gasteiger partial charge is 0.320 e. The average Bonchev–Trinajstić information content (AvgIpc) is 3.11. The Bertz CT molecular complexity index is 800. The van der Waals surface area contributed by atoms with Crippen molar-refractivity contribution in [2.24, 2.45) is 0 Å². The van der Waals surface area contributed by atoms with E-state index in [9.17, 15) is 9.18 Å². The molecular formula is C17H16FN5O. The molecule has 1 aromatic carbocycles. The van der Waals surface area contributed by atoms with Crippen molar-refractivity contribution >= 4 is 11.8 Å². The summed E-state index contributed by atoms with van der Waals surface area (Å²) in [7, 11) is 0. The van der Waals surface area contributed by atoms with Gasteiger partial charge < -0.3 is 5.32 Å². The third-order valence-corrected chi connectivity index (χ3v) is 3.48. The lowest BCUT2D eigenvalue weighted by molar-refractivity contribution is 0.249.